The monoisotopic (exact) mass is 405 g/mol. The summed E-state index contributed by atoms with van der Waals surface area (Å²) in [6, 6.07) is 26.4. The molecule has 5 nitrogen and oxygen atoms in total. The van der Waals surface area contributed by atoms with Gasteiger partial charge in [-0.15, -0.1) is 16.4 Å². The molecule has 0 radical (unpaired) electrons. The molecule has 4 heterocycles. The third-order valence-electron chi connectivity index (χ3n) is 5.03. The van der Waals surface area contributed by atoms with E-state index < -0.39 is 0 Å². The summed E-state index contributed by atoms with van der Waals surface area (Å²) in [4.78, 5) is 15.0. The molecule has 0 aliphatic carbocycles. The lowest BCUT2D eigenvalue weighted by molar-refractivity contribution is 0.989. The van der Waals surface area contributed by atoms with Gasteiger partial charge in [-0.2, -0.15) is 4.98 Å². The third kappa shape index (κ3) is 2.77. The Bertz CT molecular complexity index is 1490. The predicted molar refractivity (Wildman–Crippen MR) is 120 cm³/mol. The fraction of sp³-hybridized carbons (Fsp3) is 0. The van der Waals surface area contributed by atoms with Crippen molar-refractivity contribution in [2.45, 2.75) is 0 Å². The molecule has 0 saturated heterocycles. The Balaban J connectivity index is 1.59. The van der Waals surface area contributed by atoms with Crippen LogP contribution in [0.15, 0.2) is 90.4 Å². The van der Waals surface area contributed by atoms with E-state index >= 15 is 0 Å². The van der Waals surface area contributed by atoms with Crippen molar-refractivity contribution in [3.8, 4) is 33.9 Å². The second kappa shape index (κ2) is 6.86. The maximum atomic E-state index is 4.87. The Morgan fingerprint density at radius 3 is 2.33 bits per heavy atom. The molecule has 6 rings (SSSR count). The van der Waals surface area contributed by atoms with E-state index in [1.54, 1.807) is 17.5 Å². The van der Waals surface area contributed by atoms with Gasteiger partial charge in [0, 0.05) is 33.7 Å². The molecule has 6 heteroatoms. The minimum atomic E-state index is 0.663. The molecule has 0 aliphatic rings. The van der Waals surface area contributed by atoms with Gasteiger partial charge in [-0.3, -0.25) is 0 Å². The van der Waals surface area contributed by atoms with Gasteiger partial charge in [0.2, 0.25) is 4.96 Å². The fourth-order valence-corrected chi connectivity index (χ4v) is 4.43. The number of hydrogen-bond donors (Lipinski definition) is 0. The molecule has 0 spiro atoms. The minimum Gasteiger partial charge on any atom is -0.237 e. The molecular formula is C24H15N5S. The summed E-state index contributed by atoms with van der Waals surface area (Å²) < 4.78 is 1.91. The molecule has 2 aromatic carbocycles. The lowest BCUT2D eigenvalue weighted by Crippen LogP contribution is -1.95. The standard InChI is InChI=1S/C24H15N5S/c1-3-8-16(9-4-1)20-15-30-24-27-23(28-29(20)24)19-14-18-12-7-13-25-22(18)26-21(19)17-10-5-2-6-11-17/h1-15H. The molecule has 30 heavy (non-hydrogen) atoms. The van der Waals surface area contributed by atoms with Gasteiger partial charge < -0.3 is 0 Å². The van der Waals surface area contributed by atoms with Crippen LogP contribution in [0.2, 0.25) is 0 Å². The highest BCUT2D eigenvalue weighted by Gasteiger charge is 2.18. The number of hydrogen-bond acceptors (Lipinski definition) is 5. The zero-order valence-electron chi connectivity index (χ0n) is 15.8. The first-order valence-corrected chi connectivity index (χ1v) is 10.5. The van der Waals surface area contributed by atoms with Crippen LogP contribution >= 0.6 is 11.3 Å². The zero-order valence-corrected chi connectivity index (χ0v) is 16.6. The molecule has 0 unspecified atom stereocenters. The van der Waals surface area contributed by atoms with Crippen LogP contribution in [0.1, 0.15) is 0 Å². The highest BCUT2D eigenvalue weighted by atomic mass is 32.1. The number of pyridine rings is 2. The fourth-order valence-electron chi connectivity index (χ4n) is 3.59. The van der Waals surface area contributed by atoms with Crippen LogP contribution < -0.4 is 0 Å². The van der Waals surface area contributed by atoms with Crippen LogP contribution in [0, 0.1) is 0 Å². The van der Waals surface area contributed by atoms with Crippen LogP contribution in [0.5, 0.6) is 0 Å². The van der Waals surface area contributed by atoms with E-state index in [2.05, 4.69) is 40.7 Å². The quantitative estimate of drug-likeness (QED) is 0.377. The van der Waals surface area contributed by atoms with Crippen molar-refractivity contribution in [2.75, 3.05) is 0 Å². The van der Waals surface area contributed by atoms with Crippen molar-refractivity contribution in [2.24, 2.45) is 0 Å². The van der Waals surface area contributed by atoms with E-state index in [9.17, 15) is 0 Å². The molecule has 0 bridgehead atoms. The lowest BCUT2D eigenvalue weighted by atomic mass is 10.0. The Hall–Kier alpha value is -3.90. The number of thiazole rings is 1. The molecule has 4 aromatic heterocycles. The van der Waals surface area contributed by atoms with Gasteiger partial charge in [0.05, 0.1) is 11.4 Å². The molecule has 0 atom stereocenters. The van der Waals surface area contributed by atoms with Gasteiger partial charge in [0.15, 0.2) is 11.5 Å². The van der Waals surface area contributed by atoms with Gasteiger partial charge in [-0.25, -0.2) is 14.5 Å². The van der Waals surface area contributed by atoms with E-state index in [0.29, 0.717) is 11.5 Å². The molecule has 0 amide bonds. The van der Waals surface area contributed by atoms with Crippen LogP contribution in [0.4, 0.5) is 0 Å². The predicted octanol–water partition coefficient (Wildman–Crippen LogP) is 5.74. The van der Waals surface area contributed by atoms with Gasteiger partial charge in [0.25, 0.3) is 0 Å². The molecule has 0 aliphatic heterocycles. The SMILES string of the molecule is c1ccc(-c2nc3ncccc3cc2-c2nc3scc(-c4ccccc4)n3n2)cc1. The highest BCUT2D eigenvalue weighted by Crippen LogP contribution is 2.33. The smallest absolute Gasteiger partial charge is 0.213 e. The van der Waals surface area contributed by atoms with E-state index in [-0.39, 0.29) is 0 Å². The summed E-state index contributed by atoms with van der Waals surface area (Å²) in [6.45, 7) is 0. The minimum absolute atomic E-state index is 0.663. The molecule has 0 N–H and O–H groups in total. The summed E-state index contributed by atoms with van der Waals surface area (Å²) in [5.41, 5.74) is 5.61. The van der Waals surface area contributed by atoms with E-state index in [0.717, 1.165) is 38.4 Å². The summed E-state index contributed by atoms with van der Waals surface area (Å²) >= 11 is 1.59. The number of aromatic nitrogens is 5. The Morgan fingerprint density at radius 1 is 0.767 bits per heavy atom. The first kappa shape index (κ1) is 17.0. The number of nitrogens with zero attached hydrogens (tertiary/aromatic N) is 5. The Kier molecular flexibility index (Phi) is 3.89. The second-order valence-corrected chi connectivity index (χ2v) is 7.75. The molecule has 6 aromatic rings. The van der Waals surface area contributed by atoms with Crippen LogP contribution in [0.3, 0.4) is 0 Å². The average molecular weight is 405 g/mol. The van der Waals surface area contributed by atoms with Crippen molar-refractivity contribution in [3.05, 3.63) is 90.4 Å². The first-order valence-electron chi connectivity index (χ1n) is 9.58. The summed E-state index contributed by atoms with van der Waals surface area (Å²) in [5, 5.41) is 7.93. The summed E-state index contributed by atoms with van der Waals surface area (Å²) in [5.74, 6) is 0.663. The van der Waals surface area contributed by atoms with Crippen molar-refractivity contribution >= 4 is 27.3 Å². The van der Waals surface area contributed by atoms with Gasteiger partial charge >= 0.3 is 0 Å². The maximum Gasteiger partial charge on any atom is 0.213 e. The molecule has 0 saturated carbocycles. The van der Waals surface area contributed by atoms with Crippen molar-refractivity contribution in [1.82, 2.24) is 24.6 Å². The van der Waals surface area contributed by atoms with E-state index in [1.807, 2.05) is 53.0 Å². The second-order valence-electron chi connectivity index (χ2n) is 6.92. The van der Waals surface area contributed by atoms with Gasteiger partial charge in [0.1, 0.15) is 0 Å². The average Bonchev–Trinajstić information content (AvgIpc) is 3.40. The lowest BCUT2D eigenvalue weighted by Gasteiger charge is -2.08. The summed E-state index contributed by atoms with van der Waals surface area (Å²) in [6.07, 6.45) is 1.76. The van der Waals surface area contributed by atoms with Crippen LogP contribution in [0.25, 0.3) is 49.9 Å². The van der Waals surface area contributed by atoms with Crippen LogP contribution in [-0.2, 0) is 0 Å². The van der Waals surface area contributed by atoms with Crippen molar-refractivity contribution < 1.29 is 0 Å². The molecule has 0 fully saturated rings. The maximum absolute atomic E-state index is 4.87. The molecule has 142 valence electrons. The largest absolute Gasteiger partial charge is 0.237 e. The van der Waals surface area contributed by atoms with E-state index in [4.69, 9.17) is 15.1 Å². The van der Waals surface area contributed by atoms with Gasteiger partial charge in [-0.05, 0) is 18.2 Å². The third-order valence-corrected chi connectivity index (χ3v) is 5.84. The Labute approximate surface area is 176 Å². The number of benzene rings is 2. The normalized spacial score (nSPS) is 11.3. The Morgan fingerprint density at radius 2 is 1.53 bits per heavy atom. The number of fused-ring (bicyclic) bond motifs is 2. The zero-order chi connectivity index (χ0) is 19.9. The van der Waals surface area contributed by atoms with Gasteiger partial charge in [-0.1, -0.05) is 60.7 Å². The molecular weight excluding hydrogens is 390 g/mol. The highest BCUT2D eigenvalue weighted by molar-refractivity contribution is 7.15. The van der Waals surface area contributed by atoms with Crippen molar-refractivity contribution in [1.29, 1.82) is 0 Å². The van der Waals surface area contributed by atoms with E-state index in [1.165, 1.54) is 0 Å². The number of rotatable bonds is 3. The summed E-state index contributed by atoms with van der Waals surface area (Å²) in [7, 11) is 0. The van der Waals surface area contributed by atoms with Crippen LogP contribution in [-0.4, -0.2) is 24.6 Å². The first-order chi connectivity index (χ1) is 14.9. The van der Waals surface area contributed by atoms with Crippen molar-refractivity contribution in [3.63, 3.8) is 0 Å². The topological polar surface area (TPSA) is 56.0 Å².